The summed E-state index contributed by atoms with van der Waals surface area (Å²) in [5, 5.41) is 2.49. The van der Waals surface area contributed by atoms with Gasteiger partial charge in [-0.05, 0) is 25.0 Å². The van der Waals surface area contributed by atoms with Crippen LogP contribution in [0.5, 0.6) is 11.5 Å². The number of nitrogens with one attached hydrogen (secondary N) is 1. The second-order valence-corrected chi connectivity index (χ2v) is 8.78. The molecule has 0 spiro atoms. The Morgan fingerprint density at radius 3 is 2.39 bits per heavy atom. The first-order valence-electron chi connectivity index (χ1n) is 11.4. The molecule has 1 heterocycles. The lowest BCUT2D eigenvalue weighted by Crippen LogP contribution is -2.33. The Balaban J connectivity index is 1.62. The second-order valence-electron chi connectivity index (χ2n) is 8.78. The molecule has 0 saturated heterocycles. The maximum Gasteiger partial charge on any atom is 0.258 e. The van der Waals surface area contributed by atoms with Gasteiger partial charge in [-0.1, -0.05) is 12.8 Å². The van der Waals surface area contributed by atoms with E-state index in [9.17, 15) is 18.0 Å². The molecular weight excluding hydrogens is 478 g/mol. The average molecular weight is 503 g/mol. The summed E-state index contributed by atoms with van der Waals surface area (Å²) in [4.78, 5) is 16.9. The van der Waals surface area contributed by atoms with E-state index in [0.29, 0.717) is 18.9 Å². The molecule has 0 atom stereocenters. The van der Waals surface area contributed by atoms with Crippen molar-refractivity contribution in [3.05, 3.63) is 71.6 Å². The molecule has 1 aromatic heterocycles. The van der Waals surface area contributed by atoms with E-state index in [-0.39, 0.29) is 16.9 Å². The van der Waals surface area contributed by atoms with Crippen LogP contribution in [-0.4, -0.2) is 31.2 Å². The lowest BCUT2D eigenvalue weighted by atomic mass is 9.87. The van der Waals surface area contributed by atoms with Gasteiger partial charge in [0.15, 0.2) is 0 Å². The molecule has 1 aliphatic carbocycles. The summed E-state index contributed by atoms with van der Waals surface area (Å²) in [7, 11) is 1.19. The number of aromatic nitrogens is 1. The third kappa shape index (κ3) is 4.99. The number of anilines is 1. The van der Waals surface area contributed by atoms with Gasteiger partial charge >= 0.3 is 0 Å². The van der Waals surface area contributed by atoms with E-state index in [1.165, 1.54) is 19.5 Å². The van der Waals surface area contributed by atoms with E-state index in [4.69, 9.17) is 15.2 Å². The maximum absolute atomic E-state index is 15.3. The number of rotatable bonds is 8. The number of carbonyl (C=O) groups is 1. The molecule has 4 rings (SSSR count). The summed E-state index contributed by atoms with van der Waals surface area (Å²) in [5.41, 5.74) is 3.38. The number of methoxy groups -OCH3 is 1. The molecule has 0 radical (unpaired) electrons. The number of pyridine rings is 1. The van der Waals surface area contributed by atoms with E-state index in [1.54, 1.807) is 6.07 Å². The minimum absolute atomic E-state index is 0.153. The first-order chi connectivity index (χ1) is 17.3. The maximum atomic E-state index is 15.3. The average Bonchev–Trinajstić information content (AvgIpc) is 3.34. The van der Waals surface area contributed by atoms with Crippen molar-refractivity contribution >= 4 is 11.6 Å². The van der Waals surface area contributed by atoms with Crippen LogP contribution in [-0.2, 0) is 0 Å². The fraction of sp³-hybridized carbons (Fsp3) is 0.308. The highest BCUT2D eigenvalue weighted by atomic mass is 19.1. The Hall–Kier alpha value is -3.66. The first kappa shape index (κ1) is 25.4. The summed E-state index contributed by atoms with van der Waals surface area (Å²) < 4.78 is 69.7. The summed E-state index contributed by atoms with van der Waals surface area (Å²) in [6.45, 7) is 0.795. The highest BCUT2D eigenvalue weighted by molar-refractivity contribution is 6.06. The number of hydrogen-bond acceptors (Lipinski definition) is 5. The summed E-state index contributed by atoms with van der Waals surface area (Å²) in [5.74, 6) is -5.99. The molecule has 1 fully saturated rings. The van der Waals surface area contributed by atoms with Crippen LogP contribution in [0.1, 0.15) is 36.0 Å². The molecule has 3 N–H and O–H groups in total. The minimum atomic E-state index is -1.42. The van der Waals surface area contributed by atoms with Crippen LogP contribution in [0.3, 0.4) is 0 Å². The van der Waals surface area contributed by atoms with E-state index in [2.05, 4.69) is 10.3 Å². The summed E-state index contributed by atoms with van der Waals surface area (Å²) in [6.07, 6.45) is 6.77. The highest BCUT2D eigenvalue weighted by Crippen LogP contribution is 2.39. The molecule has 0 aliphatic heterocycles. The largest absolute Gasteiger partial charge is 0.497 e. The van der Waals surface area contributed by atoms with Gasteiger partial charge in [0, 0.05) is 36.4 Å². The van der Waals surface area contributed by atoms with Crippen molar-refractivity contribution < 1.29 is 31.8 Å². The Morgan fingerprint density at radius 2 is 1.75 bits per heavy atom. The number of carbonyl (C=O) groups excluding carboxylic acids is 1. The zero-order valence-corrected chi connectivity index (χ0v) is 19.5. The molecular formula is C26H25F4N3O3. The Bertz CT molecular complexity index is 1260. The number of halogens is 4. The normalized spacial score (nSPS) is 14.5. The van der Waals surface area contributed by atoms with E-state index >= 15 is 4.39 Å². The van der Waals surface area contributed by atoms with E-state index in [1.807, 2.05) is 0 Å². The van der Waals surface area contributed by atoms with Crippen LogP contribution in [0.15, 0.2) is 42.7 Å². The number of amides is 1. The third-order valence-electron chi connectivity index (χ3n) is 6.50. The van der Waals surface area contributed by atoms with Crippen molar-refractivity contribution in [1.29, 1.82) is 0 Å². The number of nitrogens with zero attached hydrogens (tertiary/aromatic N) is 1. The number of hydrogen-bond donors (Lipinski definition) is 2. The highest BCUT2D eigenvalue weighted by Gasteiger charge is 2.33. The van der Waals surface area contributed by atoms with Crippen LogP contribution < -0.4 is 20.5 Å². The molecule has 2 aromatic carbocycles. The quantitative estimate of drug-likeness (QED) is 0.399. The van der Waals surface area contributed by atoms with Crippen molar-refractivity contribution in [3.63, 3.8) is 0 Å². The molecule has 1 amide bonds. The van der Waals surface area contributed by atoms with Gasteiger partial charge in [-0.25, -0.2) is 17.6 Å². The zero-order valence-electron chi connectivity index (χ0n) is 19.5. The van der Waals surface area contributed by atoms with Gasteiger partial charge in [-0.3, -0.25) is 9.78 Å². The van der Waals surface area contributed by atoms with Gasteiger partial charge in [0.25, 0.3) is 5.91 Å². The predicted molar refractivity (Wildman–Crippen MR) is 126 cm³/mol. The SMILES string of the molecule is COc1cc(F)c(-c2c(F)ccc(C(=O)Nc3cnccc3OCC3(CN)CCCC3)c2F)c(F)c1. The van der Waals surface area contributed by atoms with Crippen molar-refractivity contribution in [3.8, 4) is 22.6 Å². The van der Waals surface area contributed by atoms with E-state index < -0.39 is 45.9 Å². The van der Waals surface area contributed by atoms with E-state index in [0.717, 1.165) is 49.9 Å². The molecule has 1 saturated carbocycles. The molecule has 0 bridgehead atoms. The topological polar surface area (TPSA) is 86.5 Å². The first-order valence-corrected chi connectivity index (χ1v) is 11.4. The van der Waals surface area contributed by atoms with Crippen molar-refractivity contribution in [1.82, 2.24) is 4.98 Å². The van der Waals surface area contributed by atoms with Crippen molar-refractivity contribution in [2.75, 3.05) is 25.6 Å². The van der Waals surface area contributed by atoms with Crippen LogP contribution in [0.25, 0.3) is 11.1 Å². The van der Waals surface area contributed by atoms with Gasteiger partial charge in [-0.15, -0.1) is 0 Å². The van der Waals surface area contributed by atoms with Gasteiger partial charge in [0.2, 0.25) is 0 Å². The molecule has 1 aliphatic rings. The van der Waals surface area contributed by atoms with Gasteiger partial charge in [-0.2, -0.15) is 0 Å². The van der Waals surface area contributed by atoms with Crippen LogP contribution >= 0.6 is 0 Å². The second kappa shape index (κ2) is 10.5. The standard InChI is InChI=1S/C26H25F4N3O3/c1-35-15-10-18(28)22(19(29)11-15)23-17(27)5-4-16(24(23)30)25(34)33-20-12-32-9-6-21(20)36-14-26(13-31)7-2-3-8-26/h4-6,9-12H,2-3,7-8,13-14,31H2,1H3,(H,33,34). The van der Waals surface area contributed by atoms with Gasteiger partial charge in [0.1, 0.15) is 40.5 Å². The van der Waals surface area contributed by atoms with Crippen LogP contribution in [0.4, 0.5) is 23.2 Å². The smallest absolute Gasteiger partial charge is 0.258 e. The van der Waals surface area contributed by atoms with Gasteiger partial charge < -0.3 is 20.5 Å². The van der Waals surface area contributed by atoms with Gasteiger partial charge in [0.05, 0.1) is 36.6 Å². The summed E-state index contributed by atoms with van der Waals surface area (Å²) >= 11 is 0. The van der Waals surface area contributed by atoms with Crippen molar-refractivity contribution in [2.24, 2.45) is 11.1 Å². The fourth-order valence-corrected chi connectivity index (χ4v) is 4.42. The number of ether oxygens (including phenoxy) is 2. The Morgan fingerprint density at radius 1 is 1.06 bits per heavy atom. The van der Waals surface area contributed by atoms with Crippen molar-refractivity contribution in [2.45, 2.75) is 25.7 Å². The summed E-state index contributed by atoms with van der Waals surface area (Å²) in [6, 6.07) is 4.79. The fourth-order valence-electron chi connectivity index (χ4n) is 4.42. The minimum Gasteiger partial charge on any atom is -0.497 e. The zero-order chi connectivity index (χ0) is 25.9. The molecule has 6 nitrogen and oxygen atoms in total. The Kier molecular flexibility index (Phi) is 7.44. The third-order valence-corrected chi connectivity index (χ3v) is 6.50. The number of benzene rings is 2. The molecule has 0 unspecified atom stereocenters. The predicted octanol–water partition coefficient (Wildman–Crippen LogP) is 5.46. The Labute approximate surface area is 205 Å². The lowest BCUT2D eigenvalue weighted by molar-refractivity contribution is 0.102. The monoisotopic (exact) mass is 503 g/mol. The number of nitrogens with two attached hydrogens (primary N) is 1. The molecule has 10 heteroatoms. The molecule has 190 valence electrons. The molecule has 36 heavy (non-hydrogen) atoms. The van der Waals surface area contributed by atoms with Crippen LogP contribution in [0.2, 0.25) is 0 Å². The molecule has 3 aromatic rings. The lowest BCUT2D eigenvalue weighted by Gasteiger charge is -2.27. The van der Waals surface area contributed by atoms with Crippen LogP contribution in [0, 0.1) is 28.7 Å².